The highest BCUT2D eigenvalue weighted by Gasteiger charge is 2.61. The third-order valence-corrected chi connectivity index (χ3v) is 8.97. The van der Waals surface area contributed by atoms with Gasteiger partial charge >= 0.3 is 0 Å². The van der Waals surface area contributed by atoms with Gasteiger partial charge in [0.05, 0.1) is 30.1 Å². The Bertz CT molecular complexity index is 1660. The first kappa shape index (κ1) is 27.4. The molecule has 0 aliphatic carbocycles. The van der Waals surface area contributed by atoms with Crippen LogP contribution < -0.4 is 4.90 Å². The molecule has 0 N–H and O–H groups in total. The van der Waals surface area contributed by atoms with Crippen LogP contribution in [0.1, 0.15) is 28.7 Å². The maximum absolute atomic E-state index is 15.6. The standard InChI is InChI=1S/C33H25BrClFN2O3/c34-24-15-13-21(14-16-24)18-33(26-17-29(39)37(31(26)40)20-23-9-4-5-11-27(23)35)25-10-6-12-28(36)30(25)38(32(33)41)19-22-7-2-1-3-8-22/h1-16,26H,17-20H2/t26-,33+/m0/s1. The van der Waals surface area contributed by atoms with Gasteiger partial charge in [-0.05, 0) is 52.9 Å². The van der Waals surface area contributed by atoms with Gasteiger partial charge in [0.25, 0.3) is 0 Å². The summed E-state index contributed by atoms with van der Waals surface area (Å²) in [5.41, 5.74) is 1.35. The number of nitrogens with zero attached hydrogens (tertiary/aromatic N) is 2. The lowest BCUT2D eigenvalue weighted by atomic mass is 9.66. The maximum Gasteiger partial charge on any atom is 0.239 e. The Morgan fingerprint density at radius 2 is 1.51 bits per heavy atom. The predicted molar refractivity (Wildman–Crippen MR) is 159 cm³/mol. The molecule has 1 fully saturated rings. The van der Waals surface area contributed by atoms with E-state index in [2.05, 4.69) is 15.9 Å². The van der Waals surface area contributed by atoms with Gasteiger partial charge in [-0.2, -0.15) is 0 Å². The van der Waals surface area contributed by atoms with E-state index < -0.39 is 29.0 Å². The van der Waals surface area contributed by atoms with Crippen molar-refractivity contribution in [1.82, 2.24) is 4.90 Å². The minimum Gasteiger partial charge on any atom is -0.304 e. The van der Waals surface area contributed by atoms with Crippen molar-refractivity contribution in [2.45, 2.75) is 31.3 Å². The van der Waals surface area contributed by atoms with Gasteiger partial charge in [0, 0.05) is 15.9 Å². The monoisotopic (exact) mass is 630 g/mol. The highest BCUT2D eigenvalue weighted by Crippen LogP contribution is 2.53. The van der Waals surface area contributed by atoms with Crippen LogP contribution in [0.3, 0.4) is 0 Å². The van der Waals surface area contributed by atoms with Crippen LogP contribution in [0.15, 0.2) is 102 Å². The van der Waals surface area contributed by atoms with Crippen LogP contribution in [0.25, 0.3) is 0 Å². The molecule has 2 aliphatic heterocycles. The molecular weight excluding hydrogens is 607 g/mol. The number of benzene rings is 4. The third-order valence-electron chi connectivity index (χ3n) is 8.07. The van der Waals surface area contributed by atoms with Crippen molar-refractivity contribution in [2.75, 3.05) is 4.90 Å². The van der Waals surface area contributed by atoms with Crippen molar-refractivity contribution in [3.63, 3.8) is 0 Å². The second kappa shape index (κ2) is 10.9. The summed E-state index contributed by atoms with van der Waals surface area (Å²) in [7, 11) is 0. The van der Waals surface area contributed by atoms with Crippen LogP contribution in [-0.4, -0.2) is 22.6 Å². The number of fused-ring (bicyclic) bond motifs is 1. The molecule has 4 aromatic carbocycles. The van der Waals surface area contributed by atoms with E-state index in [4.69, 9.17) is 11.6 Å². The number of imide groups is 1. The van der Waals surface area contributed by atoms with Crippen molar-refractivity contribution in [3.8, 4) is 0 Å². The van der Waals surface area contributed by atoms with Crippen LogP contribution in [-0.2, 0) is 39.3 Å². The molecule has 0 unspecified atom stereocenters. The van der Waals surface area contributed by atoms with E-state index in [1.54, 1.807) is 36.4 Å². The second-order valence-corrected chi connectivity index (χ2v) is 11.8. The second-order valence-electron chi connectivity index (χ2n) is 10.5. The SMILES string of the molecule is O=C1C[C@H]([C@]2(Cc3ccc(Br)cc3)C(=O)N(Cc3ccccc3)c3c(F)cccc32)C(=O)N1Cc1ccccc1Cl. The van der Waals surface area contributed by atoms with Gasteiger partial charge < -0.3 is 4.90 Å². The number of likely N-dealkylation sites (tertiary alicyclic amines) is 1. The van der Waals surface area contributed by atoms with Crippen LogP contribution in [0.4, 0.5) is 10.1 Å². The first-order valence-electron chi connectivity index (χ1n) is 13.3. The van der Waals surface area contributed by atoms with E-state index in [1.807, 2.05) is 54.6 Å². The number of halogens is 3. The smallest absolute Gasteiger partial charge is 0.239 e. The summed E-state index contributed by atoms with van der Waals surface area (Å²) in [5.74, 6) is -2.81. The molecule has 4 aromatic rings. The number of carbonyl (C=O) groups excluding carboxylic acids is 3. The number of rotatable bonds is 7. The molecule has 2 heterocycles. The Hall–Kier alpha value is -3.81. The van der Waals surface area contributed by atoms with Crippen molar-refractivity contribution >= 4 is 50.9 Å². The third kappa shape index (κ3) is 4.77. The average molecular weight is 632 g/mol. The fraction of sp³-hybridized carbons (Fsp3) is 0.182. The molecule has 8 heteroatoms. The van der Waals surface area contributed by atoms with Crippen LogP contribution >= 0.6 is 27.5 Å². The Morgan fingerprint density at radius 1 is 0.805 bits per heavy atom. The van der Waals surface area contributed by atoms with Crippen LogP contribution in [0, 0.1) is 11.7 Å². The van der Waals surface area contributed by atoms with Gasteiger partial charge in [0.1, 0.15) is 5.82 Å². The summed E-state index contributed by atoms with van der Waals surface area (Å²) in [5, 5.41) is 0.444. The molecule has 2 aliphatic rings. The van der Waals surface area contributed by atoms with Gasteiger partial charge in [0.15, 0.2) is 0 Å². The predicted octanol–water partition coefficient (Wildman–Crippen LogP) is 6.84. The van der Waals surface area contributed by atoms with E-state index in [1.165, 1.54) is 15.9 Å². The summed E-state index contributed by atoms with van der Waals surface area (Å²) in [6.07, 6.45) is -0.0365. The lowest BCUT2D eigenvalue weighted by molar-refractivity contribution is -0.142. The molecule has 1 saturated heterocycles. The largest absolute Gasteiger partial charge is 0.304 e. The molecule has 0 aromatic heterocycles. The van der Waals surface area contributed by atoms with Crippen molar-refractivity contribution in [3.05, 3.63) is 135 Å². The number of hydrogen-bond acceptors (Lipinski definition) is 3. The Labute approximate surface area is 250 Å². The highest BCUT2D eigenvalue weighted by atomic mass is 79.9. The summed E-state index contributed by atoms with van der Waals surface area (Å²) in [6.45, 7) is 0.133. The van der Waals surface area contributed by atoms with E-state index in [0.29, 0.717) is 16.1 Å². The van der Waals surface area contributed by atoms with E-state index in [9.17, 15) is 14.4 Å². The van der Waals surface area contributed by atoms with Crippen molar-refractivity contribution in [2.24, 2.45) is 5.92 Å². The maximum atomic E-state index is 15.6. The van der Waals surface area contributed by atoms with Gasteiger partial charge in [-0.3, -0.25) is 19.3 Å². The number of amides is 3. The average Bonchev–Trinajstić information content (AvgIpc) is 3.38. The summed E-state index contributed by atoms with van der Waals surface area (Å²) in [6, 6.07) is 28.5. The fourth-order valence-corrected chi connectivity index (χ4v) is 6.57. The van der Waals surface area contributed by atoms with Crippen LogP contribution in [0.2, 0.25) is 5.02 Å². The zero-order valence-electron chi connectivity index (χ0n) is 21.9. The molecule has 0 saturated carbocycles. The Kier molecular flexibility index (Phi) is 7.26. The first-order valence-corrected chi connectivity index (χ1v) is 14.4. The Balaban J connectivity index is 1.48. The lowest BCUT2D eigenvalue weighted by Gasteiger charge is -2.33. The molecule has 41 heavy (non-hydrogen) atoms. The minimum atomic E-state index is -1.48. The van der Waals surface area contributed by atoms with Crippen molar-refractivity contribution < 1.29 is 18.8 Å². The molecule has 5 nitrogen and oxygen atoms in total. The number of hydrogen-bond donors (Lipinski definition) is 0. The zero-order chi connectivity index (χ0) is 28.7. The minimum absolute atomic E-state index is 0.000131. The van der Waals surface area contributed by atoms with E-state index in [0.717, 1.165) is 15.6 Å². The number of carbonyl (C=O) groups is 3. The molecule has 0 bridgehead atoms. The topological polar surface area (TPSA) is 57.7 Å². The first-order chi connectivity index (χ1) is 19.8. The normalized spacial score (nSPS) is 20.2. The number of anilines is 1. The molecule has 6 rings (SSSR count). The van der Waals surface area contributed by atoms with Crippen molar-refractivity contribution in [1.29, 1.82) is 0 Å². The lowest BCUT2D eigenvalue weighted by Crippen LogP contribution is -2.49. The molecular formula is C33H25BrClFN2O3. The summed E-state index contributed by atoms with van der Waals surface area (Å²) in [4.78, 5) is 44.9. The van der Waals surface area contributed by atoms with Gasteiger partial charge in [-0.25, -0.2) is 4.39 Å². The highest BCUT2D eigenvalue weighted by molar-refractivity contribution is 9.10. The van der Waals surface area contributed by atoms with Gasteiger partial charge in [0.2, 0.25) is 17.7 Å². The van der Waals surface area contributed by atoms with Crippen LogP contribution in [0.5, 0.6) is 0 Å². The summed E-state index contributed by atoms with van der Waals surface area (Å²) >= 11 is 9.81. The van der Waals surface area contributed by atoms with E-state index >= 15 is 4.39 Å². The number of para-hydroxylation sites is 1. The molecule has 0 spiro atoms. The summed E-state index contributed by atoms with van der Waals surface area (Å²) < 4.78 is 16.5. The Morgan fingerprint density at radius 3 is 2.24 bits per heavy atom. The van der Waals surface area contributed by atoms with Gasteiger partial charge in [-0.15, -0.1) is 0 Å². The molecule has 206 valence electrons. The zero-order valence-corrected chi connectivity index (χ0v) is 24.2. The molecule has 3 amide bonds. The molecule has 0 radical (unpaired) electrons. The molecule has 2 atom stereocenters. The quantitative estimate of drug-likeness (QED) is 0.210. The van der Waals surface area contributed by atoms with Gasteiger partial charge in [-0.1, -0.05) is 100 Å². The van der Waals surface area contributed by atoms with E-state index in [-0.39, 0.29) is 37.5 Å². The fourth-order valence-electron chi connectivity index (χ4n) is 6.11.